The molecule has 2 amide bonds. The average molecular weight is 1020 g/mol. The minimum atomic E-state index is -4.08. The molecular weight excluding hydrogens is 927 g/mol. The summed E-state index contributed by atoms with van der Waals surface area (Å²) in [5.41, 5.74) is 12.3. The van der Waals surface area contributed by atoms with Crippen molar-refractivity contribution in [2.75, 3.05) is 46.6 Å². The molecule has 0 aliphatic heterocycles. The van der Waals surface area contributed by atoms with Crippen molar-refractivity contribution in [2.45, 2.75) is 199 Å². The van der Waals surface area contributed by atoms with Gasteiger partial charge < -0.3 is 35.3 Å². The van der Waals surface area contributed by atoms with E-state index in [9.17, 15) is 18.0 Å². The highest BCUT2D eigenvalue weighted by Gasteiger charge is 2.30. The number of rotatable bonds is 38. The van der Waals surface area contributed by atoms with Gasteiger partial charge in [0.15, 0.2) is 0 Å². The van der Waals surface area contributed by atoms with Crippen molar-refractivity contribution in [2.24, 2.45) is 10.7 Å². The molecule has 0 saturated carbocycles. The number of sulfonamides is 1. The molecule has 0 saturated heterocycles. The molecule has 1 aliphatic rings. The van der Waals surface area contributed by atoms with Crippen molar-refractivity contribution in [1.82, 2.24) is 15.4 Å². The quantitative estimate of drug-likeness (QED) is 0.0247. The summed E-state index contributed by atoms with van der Waals surface area (Å²) in [5.74, 6) is -0.243. The normalized spacial score (nSPS) is 13.3. The molecule has 14 heteroatoms. The zero-order valence-electron chi connectivity index (χ0n) is 44.9. The number of hydrogen-bond donors (Lipinski definition) is 4. The number of aryl methyl sites for hydroxylation is 1. The molecule has 0 spiro atoms. The van der Waals surface area contributed by atoms with Crippen LogP contribution in [0.25, 0.3) is 11.1 Å². The van der Waals surface area contributed by atoms with E-state index in [1.165, 1.54) is 103 Å². The largest absolute Gasteiger partial charge is 0.496 e. The van der Waals surface area contributed by atoms with E-state index < -0.39 is 28.1 Å². The lowest BCUT2D eigenvalue weighted by Gasteiger charge is -2.22. The first-order valence-corrected chi connectivity index (χ1v) is 29.0. The van der Waals surface area contributed by atoms with Crippen LogP contribution in [0.4, 0.5) is 4.79 Å². The summed E-state index contributed by atoms with van der Waals surface area (Å²) in [6, 6.07) is 16.9. The molecule has 5 N–H and O–H groups in total. The van der Waals surface area contributed by atoms with Crippen LogP contribution in [-0.4, -0.2) is 85.2 Å². The zero-order valence-corrected chi connectivity index (χ0v) is 45.7. The fraction of sp³-hybridized carbons (Fsp3) is 0.638. The molecule has 3 aromatic carbocycles. The summed E-state index contributed by atoms with van der Waals surface area (Å²) in [4.78, 5) is 32.1. The van der Waals surface area contributed by atoms with Gasteiger partial charge in [0.1, 0.15) is 18.4 Å². The summed E-state index contributed by atoms with van der Waals surface area (Å²) in [7, 11) is -2.53. The van der Waals surface area contributed by atoms with Crippen LogP contribution in [0.3, 0.4) is 0 Å². The Morgan fingerprint density at radius 3 is 1.79 bits per heavy atom. The van der Waals surface area contributed by atoms with Gasteiger partial charge in [0.2, 0.25) is 11.9 Å². The Kier molecular flexibility index (Phi) is 28.2. The number of carbonyl (C=O) groups is 2. The number of ether oxygens (including phenoxy) is 4. The lowest BCUT2D eigenvalue weighted by Crippen LogP contribution is -2.49. The third-order valence-corrected chi connectivity index (χ3v) is 15.5. The fourth-order valence-electron chi connectivity index (χ4n) is 9.66. The van der Waals surface area contributed by atoms with E-state index in [4.69, 9.17) is 24.7 Å². The number of benzene rings is 3. The third kappa shape index (κ3) is 20.7. The van der Waals surface area contributed by atoms with Gasteiger partial charge in [0, 0.05) is 32.2 Å². The standard InChI is InChI=1S/C58H91N5O8S/c1-7-9-11-13-15-17-19-21-23-29-38-69-42-47(70-39-30-24-22-20-18-16-14-12-10-8-2)41-61-56(64)53(62-58(65)71-43-52-50-34-27-25-32-48(50)49-33-26-28-35-51(49)52)36-31-37-60-57(59)63-72(66,67)55-44(3)40-54(68-6)45(4)46(55)5/h25-28,32-35,40,47,52-53H,7-24,29-31,36-39,41-43H2,1-6H3,(H,61,64)(H,62,65)(H3,59,60,63)/t47?,53-/m0/s1. The van der Waals surface area contributed by atoms with Crippen LogP contribution in [0.15, 0.2) is 64.5 Å². The monoisotopic (exact) mass is 1020 g/mol. The van der Waals surface area contributed by atoms with Gasteiger partial charge >= 0.3 is 6.09 Å². The number of unbranched alkanes of at least 4 members (excludes halogenated alkanes) is 18. The molecule has 13 nitrogen and oxygen atoms in total. The number of nitrogens with one attached hydrogen (secondary N) is 3. The van der Waals surface area contributed by atoms with E-state index in [1.54, 1.807) is 33.9 Å². The highest BCUT2D eigenvalue weighted by Crippen LogP contribution is 2.44. The zero-order chi connectivity index (χ0) is 52.0. The summed E-state index contributed by atoms with van der Waals surface area (Å²) in [6.07, 6.45) is 24.1. The molecule has 72 heavy (non-hydrogen) atoms. The molecule has 402 valence electrons. The smallest absolute Gasteiger partial charge is 0.407 e. The maximum absolute atomic E-state index is 14.1. The van der Waals surface area contributed by atoms with Gasteiger partial charge in [-0.2, -0.15) is 0 Å². The predicted molar refractivity (Wildman–Crippen MR) is 292 cm³/mol. The lowest BCUT2D eigenvalue weighted by atomic mass is 9.98. The maximum Gasteiger partial charge on any atom is 0.407 e. The summed E-state index contributed by atoms with van der Waals surface area (Å²) < 4.78 is 53.2. The van der Waals surface area contributed by atoms with Crippen LogP contribution in [0.5, 0.6) is 5.75 Å². The Morgan fingerprint density at radius 2 is 1.24 bits per heavy atom. The van der Waals surface area contributed by atoms with Crippen molar-refractivity contribution < 1.29 is 37.0 Å². The Hall–Kier alpha value is -4.66. The van der Waals surface area contributed by atoms with Gasteiger partial charge in [-0.15, -0.1) is 0 Å². The first-order valence-electron chi connectivity index (χ1n) is 27.5. The van der Waals surface area contributed by atoms with Crippen LogP contribution in [0, 0.1) is 20.8 Å². The second-order valence-corrected chi connectivity index (χ2v) is 21.3. The average Bonchev–Trinajstić information content (AvgIpc) is 3.69. The van der Waals surface area contributed by atoms with E-state index in [0.29, 0.717) is 48.7 Å². The third-order valence-electron chi connectivity index (χ3n) is 13.9. The van der Waals surface area contributed by atoms with E-state index in [-0.39, 0.29) is 49.0 Å². The molecule has 0 aromatic heterocycles. The number of nitrogens with zero attached hydrogens (tertiary/aromatic N) is 1. The SMILES string of the molecule is CCCCCCCCCCCCOCC(CNC(=O)[C@H](CCCN=C(N)NS(=O)(=O)c1c(C)cc(OC)c(C)c1C)NC(=O)OCC1c2ccccc2-c2ccccc21)OCCCCCCCCCCCC. The summed E-state index contributed by atoms with van der Waals surface area (Å²) in [5, 5.41) is 5.87. The minimum Gasteiger partial charge on any atom is -0.496 e. The van der Waals surface area contributed by atoms with E-state index in [2.05, 4.69) is 58.5 Å². The van der Waals surface area contributed by atoms with E-state index in [1.807, 2.05) is 24.3 Å². The number of hydrogen-bond acceptors (Lipinski definition) is 9. The van der Waals surface area contributed by atoms with Crippen molar-refractivity contribution >= 4 is 28.0 Å². The molecule has 4 rings (SSSR count). The number of alkyl carbamates (subject to hydrolysis) is 1. The summed E-state index contributed by atoms with van der Waals surface area (Å²) in [6.45, 7) is 11.6. The molecule has 2 atom stereocenters. The second-order valence-electron chi connectivity index (χ2n) is 19.7. The van der Waals surface area contributed by atoms with Crippen molar-refractivity contribution in [3.63, 3.8) is 0 Å². The molecule has 3 aromatic rings. The Balaban J connectivity index is 1.37. The Bertz CT molecular complexity index is 2150. The highest BCUT2D eigenvalue weighted by molar-refractivity contribution is 7.90. The molecular formula is C58H91N5O8S. The van der Waals surface area contributed by atoms with Crippen LogP contribution in [-0.2, 0) is 29.0 Å². The van der Waals surface area contributed by atoms with E-state index in [0.717, 1.165) is 47.9 Å². The first kappa shape index (κ1) is 59.9. The van der Waals surface area contributed by atoms with Crippen molar-refractivity contribution in [1.29, 1.82) is 0 Å². The lowest BCUT2D eigenvalue weighted by molar-refractivity contribution is -0.124. The van der Waals surface area contributed by atoms with E-state index >= 15 is 0 Å². The van der Waals surface area contributed by atoms with Crippen molar-refractivity contribution in [3.05, 3.63) is 82.4 Å². The maximum atomic E-state index is 14.1. The molecule has 0 radical (unpaired) electrons. The summed E-state index contributed by atoms with van der Waals surface area (Å²) >= 11 is 0. The van der Waals surface area contributed by atoms with Crippen LogP contribution in [0.1, 0.15) is 189 Å². The van der Waals surface area contributed by atoms with Crippen molar-refractivity contribution in [3.8, 4) is 16.9 Å². The topological polar surface area (TPSA) is 180 Å². The van der Waals surface area contributed by atoms with Gasteiger partial charge in [-0.1, -0.05) is 178 Å². The predicted octanol–water partition coefficient (Wildman–Crippen LogP) is 12.3. The number of fused-ring (bicyclic) bond motifs is 3. The van der Waals surface area contributed by atoms with Gasteiger partial charge in [-0.3, -0.25) is 9.79 Å². The molecule has 0 bridgehead atoms. The number of aliphatic imine (C=N–C) groups is 1. The van der Waals surface area contributed by atoms with Crippen LogP contribution in [0.2, 0.25) is 0 Å². The fourth-order valence-corrected chi connectivity index (χ4v) is 11.1. The molecule has 1 aliphatic carbocycles. The molecule has 0 fully saturated rings. The molecule has 1 unspecified atom stereocenters. The number of amides is 2. The molecule has 0 heterocycles. The Morgan fingerprint density at radius 1 is 0.708 bits per heavy atom. The number of nitrogens with two attached hydrogens (primary N) is 1. The highest BCUT2D eigenvalue weighted by atomic mass is 32.2. The van der Waals surface area contributed by atoms with Crippen LogP contribution >= 0.6 is 0 Å². The second kappa shape index (κ2) is 33.9. The first-order chi connectivity index (χ1) is 34.9. The van der Waals surface area contributed by atoms with Gasteiger partial charge in [0.25, 0.3) is 10.0 Å². The number of methoxy groups -OCH3 is 1. The minimum absolute atomic E-state index is 0.0848. The number of guanidine groups is 1. The Labute approximate surface area is 434 Å². The van der Waals surface area contributed by atoms with Crippen LogP contribution < -0.4 is 25.8 Å². The van der Waals surface area contributed by atoms with Gasteiger partial charge in [0.05, 0.1) is 24.7 Å². The van der Waals surface area contributed by atoms with Gasteiger partial charge in [-0.05, 0) is 91.5 Å². The number of carbonyl (C=O) groups excluding carboxylic acids is 2. The van der Waals surface area contributed by atoms with Gasteiger partial charge in [-0.25, -0.2) is 17.9 Å².